The summed E-state index contributed by atoms with van der Waals surface area (Å²) in [7, 11) is 3.22. The molecule has 0 saturated carbocycles. The highest BCUT2D eigenvalue weighted by Crippen LogP contribution is 2.28. The molecule has 3 N–H and O–H groups in total. The van der Waals surface area contributed by atoms with E-state index in [1.165, 1.54) is 12.0 Å². The molecule has 2 amide bonds. The van der Waals surface area contributed by atoms with Gasteiger partial charge in [-0.3, -0.25) is 9.59 Å². The molecule has 1 aliphatic heterocycles. The largest absolute Gasteiger partial charge is 0.497 e. The quantitative estimate of drug-likeness (QED) is 0.655. The summed E-state index contributed by atoms with van der Waals surface area (Å²) in [5.74, 6) is 0.562. The molecule has 0 spiro atoms. The number of benzene rings is 2. The Morgan fingerprint density at radius 2 is 1.75 bits per heavy atom. The summed E-state index contributed by atoms with van der Waals surface area (Å²) in [6.07, 6.45) is 2.06. The molecule has 7 heteroatoms. The lowest BCUT2D eigenvalue weighted by Gasteiger charge is -2.21. The number of nitrogen functional groups attached to an aromatic ring is 1. The van der Waals surface area contributed by atoms with Crippen LogP contribution in [0.3, 0.4) is 0 Å². The van der Waals surface area contributed by atoms with Crippen molar-refractivity contribution in [2.75, 3.05) is 24.8 Å². The Morgan fingerprint density at radius 1 is 1.03 bits per heavy atom. The standard InChI is InChI=1S/C23H22N4O3.C2H6/c1-27-20-8-7-17(30-2)13-18(20)22(28)26-19(23(27)29)11-14-3-5-15(6-4-14)16-9-10-25-21(24)12-16;1-2/h3-10,12-13,19H,11H2,1-2H3,(H2,24,25)(H,26,28);1-2H3. The molecule has 0 bridgehead atoms. The van der Waals surface area contributed by atoms with E-state index in [-0.39, 0.29) is 11.8 Å². The third-order valence-corrected chi connectivity index (χ3v) is 5.25. The monoisotopic (exact) mass is 432 g/mol. The molecule has 1 aromatic heterocycles. The first-order valence-electron chi connectivity index (χ1n) is 10.5. The van der Waals surface area contributed by atoms with Crippen LogP contribution in [0.2, 0.25) is 0 Å². The van der Waals surface area contributed by atoms with Crippen molar-refractivity contribution >= 4 is 23.3 Å². The van der Waals surface area contributed by atoms with Gasteiger partial charge in [0.1, 0.15) is 17.6 Å². The highest BCUT2D eigenvalue weighted by molar-refractivity contribution is 6.11. The number of pyridine rings is 1. The fourth-order valence-electron chi connectivity index (χ4n) is 3.60. The number of ether oxygens (including phenoxy) is 1. The van der Waals surface area contributed by atoms with Crippen molar-refractivity contribution in [1.82, 2.24) is 10.3 Å². The summed E-state index contributed by atoms with van der Waals surface area (Å²) in [6, 6.07) is 16.0. The number of carbonyl (C=O) groups is 2. The topological polar surface area (TPSA) is 97.5 Å². The van der Waals surface area contributed by atoms with Crippen molar-refractivity contribution in [2.24, 2.45) is 0 Å². The maximum atomic E-state index is 13.0. The smallest absolute Gasteiger partial charge is 0.254 e. The minimum atomic E-state index is -0.664. The molecule has 0 radical (unpaired) electrons. The van der Waals surface area contributed by atoms with Crippen molar-refractivity contribution in [1.29, 1.82) is 0 Å². The molecule has 0 fully saturated rings. The predicted octanol–water partition coefficient (Wildman–Crippen LogP) is 3.68. The van der Waals surface area contributed by atoms with Crippen LogP contribution in [-0.2, 0) is 11.2 Å². The first-order valence-corrected chi connectivity index (χ1v) is 10.5. The zero-order chi connectivity index (χ0) is 23.3. The van der Waals surface area contributed by atoms with Gasteiger partial charge in [-0.2, -0.15) is 0 Å². The number of carbonyl (C=O) groups excluding carboxylic acids is 2. The summed E-state index contributed by atoms with van der Waals surface area (Å²) in [5, 5.41) is 2.86. The van der Waals surface area contributed by atoms with Crippen LogP contribution < -0.4 is 20.7 Å². The van der Waals surface area contributed by atoms with Crippen LogP contribution in [0.4, 0.5) is 11.5 Å². The summed E-state index contributed by atoms with van der Waals surface area (Å²) in [4.78, 5) is 31.3. The van der Waals surface area contributed by atoms with Crippen molar-refractivity contribution in [3.05, 3.63) is 71.9 Å². The van der Waals surface area contributed by atoms with Crippen molar-refractivity contribution in [2.45, 2.75) is 26.3 Å². The van der Waals surface area contributed by atoms with Crippen LogP contribution >= 0.6 is 0 Å². The summed E-state index contributed by atoms with van der Waals surface area (Å²) in [6.45, 7) is 4.00. The zero-order valence-corrected chi connectivity index (χ0v) is 18.8. The number of rotatable bonds is 4. The molecule has 2 heterocycles. The molecule has 32 heavy (non-hydrogen) atoms. The van der Waals surface area contributed by atoms with E-state index in [0.717, 1.165) is 16.7 Å². The molecule has 1 aliphatic rings. The highest BCUT2D eigenvalue weighted by Gasteiger charge is 2.32. The molecule has 2 aromatic carbocycles. The molecular weight excluding hydrogens is 404 g/mol. The van der Waals surface area contributed by atoms with Crippen LogP contribution in [0, 0.1) is 0 Å². The van der Waals surface area contributed by atoms with Gasteiger partial charge in [0.15, 0.2) is 0 Å². The first kappa shape index (κ1) is 22.8. The fourth-order valence-corrected chi connectivity index (χ4v) is 3.60. The average molecular weight is 433 g/mol. The molecule has 1 atom stereocenters. The SMILES string of the molecule is CC.COc1ccc2c(c1)C(=O)NC(Cc1ccc(-c3ccnc(N)c3)cc1)C(=O)N2C. The Kier molecular flexibility index (Phi) is 7.10. The molecule has 3 aromatic rings. The van der Waals surface area contributed by atoms with E-state index < -0.39 is 6.04 Å². The van der Waals surface area contributed by atoms with Gasteiger partial charge in [0.05, 0.1) is 18.4 Å². The van der Waals surface area contributed by atoms with Crippen LogP contribution in [0.25, 0.3) is 11.1 Å². The maximum Gasteiger partial charge on any atom is 0.254 e. The lowest BCUT2D eigenvalue weighted by molar-refractivity contribution is -0.120. The Labute approximate surface area is 188 Å². The van der Waals surface area contributed by atoms with Crippen LogP contribution in [0.15, 0.2) is 60.8 Å². The number of nitrogens with one attached hydrogen (secondary N) is 1. The lowest BCUT2D eigenvalue weighted by Crippen LogP contribution is -2.45. The minimum Gasteiger partial charge on any atom is -0.497 e. The van der Waals surface area contributed by atoms with Gasteiger partial charge in [0.25, 0.3) is 5.91 Å². The van der Waals surface area contributed by atoms with Gasteiger partial charge in [0.2, 0.25) is 5.91 Å². The Hall–Kier alpha value is -3.87. The number of hydrogen-bond acceptors (Lipinski definition) is 5. The van der Waals surface area contributed by atoms with Crippen molar-refractivity contribution < 1.29 is 14.3 Å². The number of methoxy groups -OCH3 is 1. The number of nitrogens with two attached hydrogens (primary N) is 1. The molecule has 4 rings (SSSR count). The number of aromatic nitrogens is 1. The van der Waals surface area contributed by atoms with Crippen LogP contribution in [0.5, 0.6) is 5.75 Å². The fraction of sp³-hybridized carbons (Fsp3) is 0.240. The van der Waals surface area contributed by atoms with Gasteiger partial charge in [-0.25, -0.2) is 4.98 Å². The maximum absolute atomic E-state index is 13.0. The molecule has 0 aliphatic carbocycles. The molecular formula is C25H28N4O3. The van der Waals surface area contributed by atoms with E-state index in [2.05, 4.69) is 10.3 Å². The number of amides is 2. The van der Waals surface area contributed by atoms with E-state index in [9.17, 15) is 9.59 Å². The van der Waals surface area contributed by atoms with Gasteiger partial charge in [0, 0.05) is 19.7 Å². The second kappa shape index (κ2) is 9.96. The van der Waals surface area contributed by atoms with Gasteiger partial charge in [-0.1, -0.05) is 38.1 Å². The Balaban J connectivity index is 0.00000141. The normalized spacial score (nSPS) is 15.1. The summed E-state index contributed by atoms with van der Waals surface area (Å²) < 4.78 is 5.21. The second-order valence-electron chi connectivity index (χ2n) is 7.18. The molecule has 0 saturated heterocycles. The molecule has 166 valence electrons. The van der Waals surface area contributed by atoms with Gasteiger partial charge >= 0.3 is 0 Å². The highest BCUT2D eigenvalue weighted by atomic mass is 16.5. The lowest BCUT2D eigenvalue weighted by atomic mass is 10.0. The number of likely N-dealkylation sites (N-methyl/N-ethyl adjacent to an activating group) is 1. The zero-order valence-electron chi connectivity index (χ0n) is 18.8. The summed E-state index contributed by atoms with van der Waals surface area (Å²) in [5.41, 5.74) is 9.65. The summed E-state index contributed by atoms with van der Waals surface area (Å²) >= 11 is 0. The van der Waals surface area contributed by atoms with Gasteiger partial charge in [-0.05, 0) is 47.0 Å². The first-order chi connectivity index (χ1) is 15.5. The number of anilines is 2. The van der Waals surface area contributed by atoms with E-state index in [1.807, 2.05) is 50.2 Å². The average Bonchev–Trinajstić information content (AvgIpc) is 2.91. The third kappa shape index (κ3) is 4.72. The molecule has 7 nitrogen and oxygen atoms in total. The van der Waals surface area contributed by atoms with E-state index in [4.69, 9.17) is 10.5 Å². The number of fused-ring (bicyclic) bond motifs is 1. The predicted molar refractivity (Wildman–Crippen MR) is 127 cm³/mol. The van der Waals surface area contributed by atoms with Crippen molar-refractivity contribution in [3.8, 4) is 16.9 Å². The minimum absolute atomic E-state index is 0.168. The third-order valence-electron chi connectivity index (χ3n) is 5.25. The van der Waals surface area contributed by atoms with Crippen molar-refractivity contribution in [3.63, 3.8) is 0 Å². The number of hydrogen-bond donors (Lipinski definition) is 2. The number of nitrogens with zero attached hydrogens (tertiary/aromatic N) is 2. The Bertz CT molecular complexity index is 1110. The van der Waals surface area contributed by atoms with E-state index in [0.29, 0.717) is 29.2 Å². The van der Waals surface area contributed by atoms with E-state index >= 15 is 0 Å². The van der Waals surface area contributed by atoms with Gasteiger partial charge < -0.3 is 20.7 Å². The van der Waals surface area contributed by atoms with E-state index in [1.54, 1.807) is 31.4 Å². The van der Waals surface area contributed by atoms with Crippen LogP contribution in [0.1, 0.15) is 29.8 Å². The van der Waals surface area contributed by atoms with Crippen LogP contribution in [-0.4, -0.2) is 37.0 Å². The second-order valence-corrected chi connectivity index (χ2v) is 7.18. The van der Waals surface area contributed by atoms with Gasteiger partial charge in [-0.15, -0.1) is 0 Å². The Morgan fingerprint density at radius 3 is 2.41 bits per heavy atom. The molecule has 1 unspecified atom stereocenters.